The van der Waals surface area contributed by atoms with Crippen molar-refractivity contribution in [3.63, 3.8) is 0 Å². The number of nitrogens with zero attached hydrogens (tertiary/aromatic N) is 2. The predicted octanol–water partition coefficient (Wildman–Crippen LogP) is 0.240. The number of halogens is 1. The lowest BCUT2D eigenvalue weighted by Gasteiger charge is -2.24. The average molecular weight is 218 g/mol. The second kappa shape index (κ2) is 4.43. The summed E-state index contributed by atoms with van der Waals surface area (Å²) in [5.41, 5.74) is -0.496. The lowest BCUT2D eigenvalue weighted by Crippen LogP contribution is -2.33. The van der Waals surface area contributed by atoms with Gasteiger partial charge < -0.3 is 10.0 Å². The van der Waals surface area contributed by atoms with Gasteiger partial charge >= 0.3 is 5.69 Å². The summed E-state index contributed by atoms with van der Waals surface area (Å²) in [6.45, 7) is 1.82. The standard InChI is InChI=1S/C8H12ClN3O2/c1-5(4-13)12(2)7-3-6(9)10-8(14)11-7/h3,5,13H,4H2,1-2H3,(H,10,11,14)/t5-/m0/s1. The number of hydrogen-bond donors (Lipinski definition) is 2. The second-order valence-electron chi connectivity index (χ2n) is 3.04. The van der Waals surface area contributed by atoms with Gasteiger partial charge in [-0.3, -0.25) is 4.98 Å². The van der Waals surface area contributed by atoms with Crippen LogP contribution in [-0.2, 0) is 0 Å². The molecule has 0 radical (unpaired) electrons. The molecule has 0 bridgehead atoms. The number of anilines is 1. The van der Waals surface area contributed by atoms with Crippen molar-refractivity contribution in [3.8, 4) is 0 Å². The van der Waals surface area contributed by atoms with Crippen LogP contribution in [0.4, 0.5) is 5.82 Å². The Balaban J connectivity index is 3.00. The van der Waals surface area contributed by atoms with E-state index < -0.39 is 5.69 Å². The van der Waals surface area contributed by atoms with Gasteiger partial charge in [-0.2, -0.15) is 4.98 Å². The normalized spacial score (nSPS) is 12.6. The number of likely N-dealkylation sites (N-methyl/N-ethyl adjacent to an activating group) is 1. The van der Waals surface area contributed by atoms with Crippen molar-refractivity contribution in [3.05, 3.63) is 21.7 Å². The molecule has 0 amide bonds. The minimum absolute atomic E-state index is 0.00152. The third kappa shape index (κ3) is 2.46. The van der Waals surface area contributed by atoms with E-state index >= 15 is 0 Å². The number of aliphatic hydroxyl groups excluding tert-OH is 1. The summed E-state index contributed by atoms with van der Waals surface area (Å²) in [5.74, 6) is 0.538. The molecule has 5 nitrogen and oxygen atoms in total. The fraction of sp³-hybridized carbons (Fsp3) is 0.500. The molecule has 0 unspecified atom stereocenters. The van der Waals surface area contributed by atoms with Gasteiger partial charge in [0, 0.05) is 13.1 Å². The van der Waals surface area contributed by atoms with Crippen molar-refractivity contribution >= 4 is 17.4 Å². The third-order valence-electron chi connectivity index (χ3n) is 2.00. The minimum Gasteiger partial charge on any atom is -0.394 e. The second-order valence-corrected chi connectivity index (χ2v) is 3.42. The maximum atomic E-state index is 11.0. The van der Waals surface area contributed by atoms with E-state index in [2.05, 4.69) is 9.97 Å². The highest BCUT2D eigenvalue weighted by atomic mass is 35.5. The Morgan fingerprint density at radius 3 is 2.93 bits per heavy atom. The van der Waals surface area contributed by atoms with Crippen LogP contribution in [0, 0.1) is 0 Å². The molecular weight excluding hydrogens is 206 g/mol. The van der Waals surface area contributed by atoms with Gasteiger partial charge in [0.25, 0.3) is 0 Å². The molecule has 0 aliphatic heterocycles. The Bertz CT molecular complexity index is 366. The Morgan fingerprint density at radius 2 is 2.43 bits per heavy atom. The largest absolute Gasteiger partial charge is 0.394 e. The van der Waals surface area contributed by atoms with Crippen molar-refractivity contribution in [1.29, 1.82) is 0 Å². The summed E-state index contributed by atoms with van der Waals surface area (Å²) in [6.07, 6.45) is 0. The maximum Gasteiger partial charge on any atom is 0.347 e. The van der Waals surface area contributed by atoms with Crippen molar-refractivity contribution in [2.45, 2.75) is 13.0 Å². The first-order valence-electron chi connectivity index (χ1n) is 4.15. The fourth-order valence-electron chi connectivity index (χ4n) is 0.966. The molecule has 1 rings (SSSR count). The molecule has 0 saturated heterocycles. The van der Waals surface area contributed by atoms with E-state index in [1.165, 1.54) is 6.07 Å². The molecule has 1 heterocycles. The lowest BCUT2D eigenvalue weighted by atomic mass is 10.3. The monoisotopic (exact) mass is 217 g/mol. The Labute approximate surface area is 86.3 Å². The van der Waals surface area contributed by atoms with Gasteiger partial charge in [0.05, 0.1) is 12.6 Å². The zero-order valence-electron chi connectivity index (χ0n) is 7.99. The Kier molecular flexibility index (Phi) is 3.49. The van der Waals surface area contributed by atoms with Crippen LogP contribution in [0.1, 0.15) is 6.92 Å². The van der Waals surface area contributed by atoms with Gasteiger partial charge in [0.15, 0.2) is 0 Å². The van der Waals surface area contributed by atoms with E-state index in [1.54, 1.807) is 11.9 Å². The lowest BCUT2D eigenvalue weighted by molar-refractivity contribution is 0.269. The zero-order valence-corrected chi connectivity index (χ0v) is 8.75. The van der Waals surface area contributed by atoms with Gasteiger partial charge in [0.1, 0.15) is 11.0 Å². The summed E-state index contributed by atoms with van der Waals surface area (Å²) >= 11 is 5.62. The highest BCUT2D eigenvalue weighted by molar-refractivity contribution is 6.29. The Morgan fingerprint density at radius 1 is 1.79 bits per heavy atom. The number of H-pyrrole nitrogens is 1. The molecule has 6 heteroatoms. The first kappa shape index (κ1) is 11.0. The van der Waals surface area contributed by atoms with E-state index in [0.717, 1.165) is 0 Å². The molecule has 1 atom stereocenters. The van der Waals surface area contributed by atoms with E-state index in [0.29, 0.717) is 5.82 Å². The summed E-state index contributed by atoms with van der Waals surface area (Å²) in [5, 5.41) is 9.06. The molecule has 78 valence electrons. The predicted molar refractivity (Wildman–Crippen MR) is 54.8 cm³/mol. The van der Waals surface area contributed by atoms with E-state index in [-0.39, 0.29) is 17.8 Å². The number of aliphatic hydroxyl groups is 1. The van der Waals surface area contributed by atoms with Crippen molar-refractivity contribution in [1.82, 2.24) is 9.97 Å². The number of aromatic nitrogens is 2. The quantitative estimate of drug-likeness (QED) is 0.712. The van der Waals surface area contributed by atoms with Gasteiger partial charge in [-0.15, -0.1) is 0 Å². The number of nitrogens with one attached hydrogen (secondary N) is 1. The van der Waals surface area contributed by atoms with Crippen molar-refractivity contribution in [2.75, 3.05) is 18.6 Å². The van der Waals surface area contributed by atoms with Gasteiger partial charge in [-0.25, -0.2) is 4.79 Å². The molecule has 1 aromatic rings. The summed E-state index contributed by atoms with van der Waals surface area (Å²) in [7, 11) is 1.75. The molecular formula is C8H12ClN3O2. The van der Waals surface area contributed by atoms with Crippen molar-refractivity contribution < 1.29 is 5.11 Å². The smallest absolute Gasteiger partial charge is 0.347 e. The average Bonchev–Trinajstić information content (AvgIpc) is 2.14. The molecule has 0 saturated carbocycles. The summed E-state index contributed by atoms with van der Waals surface area (Å²) < 4.78 is 0. The first-order chi connectivity index (χ1) is 6.54. The fourth-order valence-corrected chi connectivity index (χ4v) is 1.15. The molecule has 0 aromatic carbocycles. The van der Waals surface area contributed by atoms with Gasteiger partial charge in [-0.05, 0) is 6.92 Å². The third-order valence-corrected chi connectivity index (χ3v) is 2.20. The Hall–Kier alpha value is -1.07. The summed E-state index contributed by atoms with van der Waals surface area (Å²) in [4.78, 5) is 18.7. The molecule has 0 aliphatic carbocycles. The SMILES string of the molecule is C[C@@H](CO)N(C)c1cc(Cl)nc(=O)[nH]1. The van der Waals surface area contributed by atoms with Crippen LogP contribution >= 0.6 is 11.6 Å². The number of aromatic amines is 1. The van der Waals surface area contributed by atoms with Crippen molar-refractivity contribution in [2.24, 2.45) is 0 Å². The molecule has 14 heavy (non-hydrogen) atoms. The number of hydrogen-bond acceptors (Lipinski definition) is 4. The van der Waals surface area contributed by atoms with E-state index in [1.807, 2.05) is 6.92 Å². The zero-order chi connectivity index (χ0) is 10.7. The summed E-state index contributed by atoms with van der Waals surface area (Å²) in [6, 6.07) is 1.44. The number of rotatable bonds is 3. The van der Waals surface area contributed by atoms with Crippen LogP contribution < -0.4 is 10.6 Å². The van der Waals surface area contributed by atoms with E-state index in [4.69, 9.17) is 16.7 Å². The minimum atomic E-state index is -0.496. The van der Waals surface area contributed by atoms with Crippen LogP contribution in [0.15, 0.2) is 10.9 Å². The molecule has 2 N–H and O–H groups in total. The topological polar surface area (TPSA) is 69.2 Å². The van der Waals surface area contributed by atoms with Crippen LogP contribution in [0.3, 0.4) is 0 Å². The van der Waals surface area contributed by atoms with E-state index in [9.17, 15) is 4.79 Å². The molecule has 0 spiro atoms. The maximum absolute atomic E-state index is 11.0. The van der Waals surface area contributed by atoms with Crippen LogP contribution in [-0.4, -0.2) is 34.8 Å². The first-order valence-corrected chi connectivity index (χ1v) is 4.53. The highest BCUT2D eigenvalue weighted by Gasteiger charge is 2.10. The van der Waals surface area contributed by atoms with Crippen LogP contribution in [0.25, 0.3) is 0 Å². The molecule has 1 aromatic heterocycles. The van der Waals surface area contributed by atoms with Gasteiger partial charge in [-0.1, -0.05) is 11.6 Å². The van der Waals surface area contributed by atoms with Crippen LogP contribution in [0.5, 0.6) is 0 Å². The van der Waals surface area contributed by atoms with Crippen LogP contribution in [0.2, 0.25) is 5.15 Å². The van der Waals surface area contributed by atoms with Gasteiger partial charge in [0.2, 0.25) is 0 Å². The molecule has 0 aliphatic rings. The molecule has 0 fully saturated rings. The highest BCUT2D eigenvalue weighted by Crippen LogP contribution is 2.12.